The molecule has 154 valence electrons. The minimum Gasteiger partial charge on any atom is -0.387 e. The molecule has 0 radical (unpaired) electrons. The van der Waals surface area contributed by atoms with Gasteiger partial charge in [0.1, 0.15) is 5.52 Å². The summed E-state index contributed by atoms with van der Waals surface area (Å²) < 4.78 is 3.15. The van der Waals surface area contributed by atoms with Gasteiger partial charge in [-0.1, -0.05) is 61.9 Å². The topological polar surface area (TPSA) is 59.5 Å². The van der Waals surface area contributed by atoms with Crippen LogP contribution in [0.1, 0.15) is 48.1 Å². The zero-order valence-corrected chi connectivity index (χ0v) is 17.8. The second-order valence-electron chi connectivity index (χ2n) is 8.27. The maximum absolute atomic E-state index is 13.0. The molecule has 4 aromatic rings. The third-order valence-corrected chi connectivity index (χ3v) is 5.63. The molecule has 0 aliphatic carbocycles. The van der Waals surface area contributed by atoms with Gasteiger partial charge in [-0.15, -0.1) is 0 Å². The van der Waals surface area contributed by atoms with E-state index in [9.17, 15) is 9.90 Å². The molecule has 4 rings (SSSR count). The van der Waals surface area contributed by atoms with Crippen LogP contribution >= 0.6 is 0 Å². The molecule has 1 atom stereocenters. The van der Waals surface area contributed by atoms with Crippen molar-refractivity contribution in [2.75, 3.05) is 0 Å². The van der Waals surface area contributed by atoms with Crippen LogP contribution in [0.4, 0.5) is 0 Å². The first-order valence-electron chi connectivity index (χ1n) is 10.3. The number of aliphatic hydroxyl groups is 1. The van der Waals surface area contributed by atoms with E-state index in [0.717, 1.165) is 27.9 Å². The molecule has 30 heavy (non-hydrogen) atoms. The lowest BCUT2D eigenvalue weighted by Crippen LogP contribution is -2.24. The molecule has 5 heteroatoms. The molecule has 0 amide bonds. The fourth-order valence-corrected chi connectivity index (χ4v) is 3.83. The van der Waals surface area contributed by atoms with Crippen LogP contribution < -0.4 is 5.56 Å². The quantitative estimate of drug-likeness (QED) is 0.530. The van der Waals surface area contributed by atoms with E-state index >= 15 is 0 Å². The Morgan fingerprint density at radius 1 is 1.00 bits per heavy atom. The van der Waals surface area contributed by atoms with Crippen molar-refractivity contribution in [2.24, 2.45) is 0 Å². The van der Waals surface area contributed by atoms with Gasteiger partial charge in [0.2, 0.25) is 0 Å². The zero-order valence-electron chi connectivity index (χ0n) is 17.8. The standard InChI is InChI=1S/C25H27N3O2/c1-16(2)19-6-8-20(9-7-19)22-14-23-25(30)27(11-12-28(23)26-22)15-24(29)21-10-5-17(3)13-18(21)4/h5-14,16,24,29H,15H2,1-4H3/t24-/m0/s1. The lowest BCUT2D eigenvalue weighted by molar-refractivity contribution is 0.154. The van der Waals surface area contributed by atoms with Crippen molar-refractivity contribution in [3.63, 3.8) is 0 Å². The highest BCUT2D eigenvalue weighted by molar-refractivity contribution is 5.65. The van der Waals surface area contributed by atoms with E-state index in [4.69, 9.17) is 0 Å². The van der Waals surface area contributed by atoms with Gasteiger partial charge in [0.15, 0.2) is 0 Å². The molecule has 0 aliphatic heterocycles. The summed E-state index contributed by atoms with van der Waals surface area (Å²) in [5, 5.41) is 15.3. The van der Waals surface area contributed by atoms with Gasteiger partial charge in [-0.2, -0.15) is 5.10 Å². The number of rotatable bonds is 5. The Morgan fingerprint density at radius 3 is 2.40 bits per heavy atom. The van der Waals surface area contributed by atoms with Crippen LogP contribution in [-0.4, -0.2) is 19.3 Å². The predicted molar refractivity (Wildman–Crippen MR) is 120 cm³/mol. The normalized spacial score (nSPS) is 12.6. The number of hydrogen-bond acceptors (Lipinski definition) is 3. The maximum atomic E-state index is 13.0. The summed E-state index contributed by atoms with van der Waals surface area (Å²) >= 11 is 0. The van der Waals surface area contributed by atoms with Crippen molar-refractivity contribution in [3.05, 3.63) is 93.5 Å². The Hall–Kier alpha value is -3.18. The molecule has 2 heterocycles. The van der Waals surface area contributed by atoms with Crippen molar-refractivity contribution < 1.29 is 5.11 Å². The fraction of sp³-hybridized carbons (Fsp3) is 0.280. The molecule has 0 saturated carbocycles. The van der Waals surface area contributed by atoms with Gasteiger partial charge in [0.05, 0.1) is 18.3 Å². The molecule has 0 aliphatic rings. The number of nitrogens with zero attached hydrogens (tertiary/aromatic N) is 3. The first kappa shape index (κ1) is 20.1. The second kappa shape index (κ2) is 7.92. The number of benzene rings is 2. The Labute approximate surface area is 176 Å². The van der Waals surface area contributed by atoms with Crippen LogP contribution in [0.25, 0.3) is 16.8 Å². The highest BCUT2D eigenvalue weighted by atomic mass is 16.3. The van der Waals surface area contributed by atoms with E-state index in [-0.39, 0.29) is 12.1 Å². The van der Waals surface area contributed by atoms with Crippen molar-refractivity contribution in [3.8, 4) is 11.3 Å². The van der Waals surface area contributed by atoms with Crippen LogP contribution in [0.2, 0.25) is 0 Å². The first-order chi connectivity index (χ1) is 14.3. The van der Waals surface area contributed by atoms with E-state index in [0.29, 0.717) is 11.4 Å². The summed E-state index contributed by atoms with van der Waals surface area (Å²) in [5.41, 5.74) is 6.34. The molecule has 0 unspecified atom stereocenters. The number of aliphatic hydroxyl groups excluding tert-OH is 1. The molecule has 2 aromatic heterocycles. The molecule has 0 spiro atoms. The summed E-state index contributed by atoms with van der Waals surface area (Å²) in [5.74, 6) is 0.468. The summed E-state index contributed by atoms with van der Waals surface area (Å²) in [4.78, 5) is 13.0. The zero-order chi connectivity index (χ0) is 21.4. The summed E-state index contributed by atoms with van der Waals surface area (Å²) in [7, 11) is 0. The third kappa shape index (κ3) is 3.81. The van der Waals surface area contributed by atoms with E-state index in [1.807, 2.05) is 50.2 Å². The Balaban J connectivity index is 1.65. The van der Waals surface area contributed by atoms with Gasteiger partial charge in [-0.05, 0) is 42.5 Å². The smallest absolute Gasteiger partial charge is 0.276 e. The van der Waals surface area contributed by atoms with Crippen LogP contribution in [0.15, 0.2) is 65.7 Å². The van der Waals surface area contributed by atoms with E-state index < -0.39 is 6.10 Å². The van der Waals surface area contributed by atoms with Gasteiger partial charge < -0.3 is 9.67 Å². The van der Waals surface area contributed by atoms with Gasteiger partial charge in [-0.3, -0.25) is 4.79 Å². The lowest BCUT2D eigenvalue weighted by Gasteiger charge is -2.16. The van der Waals surface area contributed by atoms with Crippen molar-refractivity contribution in [2.45, 2.75) is 46.3 Å². The van der Waals surface area contributed by atoms with Crippen LogP contribution in [-0.2, 0) is 6.54 Å². The van der Waals surface area contributed by atoms with Gasteiger partial charge in [0, 0.05) is 18.0 Å². The van der Waals surface area contributed by atoms with Crippen LogP contribution in [0, 0.1) is 13.8 Å². The molecule has 0 fully saturated rings. The molecule has 5 nitrogen and oxygen atoms in total. The molecular formula is C25H27N3O2. The average molecular weight is 402 g/mol. The van der Waals surface area contributed by atoms with E-state index in [1.165, 1.54) is 5.56 Å². The van der Waals surface area contributed by atoms with Crippen LogP contribution in [0.5, 0.6) is 0 Å². The minimum absolute atomic E-state index is 0.168. The highest BCUT2D eigenvalue weighted by Gasteiger charge is 2.15. The summed E-state index contributed by atoms with van der Waals surface area (Å²) in [6.45, 7) is 8.52. The summed E-state index contributed by atoms with van der Waals surface area (Å²) in [6, 6.07) is 16.0. The first-order valence-corrected chi connectivity index (χ1v) is 10.3. The van der Waals surface area contributed by atoms with Crippen LogP contribution in [0.3, 0.4) is 0 Å². The Morgan fingerprint density at radius 2 is 1.73 bits per heavy atom. The van der Waals surface area contributed by atoms with Gasteiger partial charge in [-0.25, -0.2) is 4.52 Å². The highest BCUT2D eigenvalue weighted by Crippen LogP contribution is 2.23. The largest absolute Gasteiger partial charge is 0.387 e. The second-order valence-corrected chi connectivity index (χ2v) is 8.27. The van der Waals surface area contributed by atoms with Crippen molar-refractivity contribution in [1.29, 1.82) is 0 Å². The monoisotopic (exact) mass is 401 g/mol. The SMILES string of the molecule is Cc1ccc([C@@H](O)Cn2ccn3nc(-c4ccc(C(C)C)cc4)cc3c2=O)c(C)c1. The number of hydrogen-bond donors (Lipinski definition) is 1. The fourth-order valence-electron chi connectivity index (χ4n) is 3.83. The molecule has 0 saturated heterocycles. The van der Waals surface area contributed by atoms with E-state index in [2.05, 4.69) is 31.1 Å². The van der Waals surface area contributed by atoms with Crippen molar-refractivity contribution in [1.82, 2.24) is 14.2 Å². The lowest BCUT2D eigenvalue weighted by atomic mass is 10.0. The Bertz CT molecular complexity index is 1250. The molecular weight excluding hydrogens is 374 g/mol. The van der Waals surface area contributed by atoms with Gasteiger partial charge in [0.25, 0.3) is 5.56 Å². The predicted octanol–water partition coefficient (Wildman–Crippen LogP) is 4.64. The van der Waals surface area contributed by atoms with Crippen molar-refractivity contribution >= 4 is 5.52 Å². The average Bonchev–Trinajstić information content (AvgIpc) is 3.15. The summed E-state index contributed by atoms with van der Waals surface area (Å²) in [6.07, 6.45) is 2.69. The molecule has 0 bridgehead atoms. The molecule has 2 aromatic carbocycles. The Kier molecular flexibility index (Phi) is 5.31. The number of aryl methyl sites for hydroxylation is 2. The van der Waals surface area contributed by atoms with E-state index in [1.54, 1.807) is 21.5 Å². The maximum Gasteiger partial charge on any atom is 0.276 e. The number of fused-ring (bicyclic) bond motifs is 1. The minimum atomic E-state index is -0.753. The molecule has 1 N–H and O–H groups in total. The third-order valence-electron chi connectivity index (χ3n) is 5.63. The number of aromatic nitrogens is 3. The van der Waals surface area contributed by atoms with Gasteiger partial charge >= 0.3 is 0 Å².